The Bertz CT molecular complexity index is 658. The minimum absolute atomic E-state index is 0.282. The Kier molecular flexibility index (Phi) is 6.16. The minimum atomic E-state index is -0.531. The van der Waals surface area contributed by atoms with Gasteiger partial charge in [-0.05, 0) is 65.5 Å². The number of ether oxygens (including phenoxy) is 1. The van der Waals surface area contributed by atoms with E-state index in [2.05, 4.69) is 11.9 Å². The average molecular weight is 360 g/mol. The number of anilines is 1. The van der Waals surface area contributed by atoms with E-state index in [1.165, 1.54) is 6.08 Å². The first kappa shape index (κ1) is 20.5. The van der Waals surface area contributed by atoms with E-state index in [1.54, 1.807) is 6.07 Å². The van der Waals surface area contributed by atoms with E-state index >= 15 is 0 Å². The zero-order valence-corrected chi connectivity index (χ0v) is 16.6. The molecule has 142 valence electrons. The fourth-order valence-electron chi connectivity index (χ4n) is 2.43. The van der Waals surface area contributed by atoms with Gasteiger partial charge in [-0.15, -0.1) is 0 Å². The van der Waals surface area contributed by atoms with Crippen LogP contribution in [0.15, 0.2) is 30.9 Å². The van der Waals surface area contributed by atoms with Gasteiger partial charge in [0, 0.05) is 18.3 Å². The Balaban J connectivity index is 2.27. The molecule has 0 bridgehead atoms. The van der Waals surface area contributed by atoms with Gasteiger partial charge in [-0.25, -0.2) is 0 Å². The highest BCUT2D eigenvalue weighted by molar-refractivity contribution is 6.62. The molecule has 1 amide bonds. The predicted octanol–water partition coefficient (Wildman–Crippen LogP) is 2.05. The zero-order chi connectivity index (χ0) is 19.5. The molecule has 0 aliphatic carbocycles. The summed E-state index contributed by atoms with van der Waals surface area (Å²) in [5.74, 6) is 0.369. The van der Waals surface area contributed by atoms with Gasteiger partial charge in [0.1, 0.15) is 12.4 Å². The van der Waals surface area contributed by atoms with Crippen molar-refractivity contribution in [2.75, 3.05) is 32.6 Å². The molecule has 1 N–H and O–H groups in total. The molecule has 2 rings (SSSR count). The number of hydrogen-bond donors (Lipinski definition) is 1. The Hall–Kier alpha value is -1.83. The first-order valence-electron chi connectivity index (χ1n) is 8.75. The summed E-state index contributed by atoms with van der Waals surface area (Å²) in [5, 5.41) is 2.78. The monoisotopic (exact) mass is 360 g/mol. The number of likely N-dealkylation sites (N-methyl/N-ethyl adjacent to an activating group) is 1. The van der Waals surface area contributed by atoms with Gasteiger partial charge in [0.15, 0.2) is 0 Å². The quantitative estimate of drug-likeness (QED) is 0.596. The Labute approximate surface area is 156 Å². The van der Waals surface area contributed by atoms with Crippen LogP contribution in [0.25, 0.3) is 0 Å². The van der Waals surface area contributed by atoms with E-state index in [1.807, 2.05) is 58.8 Å². The molecule has 1 heterocycles. The highest BCUT2D eigenvalue weighted by Gasteiger charge is 2.51. The molecule has 0 aromatic heterocycles. The second kappa shape index (κ2) is 7.82. The maximum atomic E-state index is 11.7. The summed E-state index contributed by atoms with van der Waals surface area (Å²) in [5.41, 5.74) is 0.529. The van der Waals surface area contributed by atoms with Crippen molar-refractivity contribution in [3.8, 4) is 5.75 Å². The number of amides is 1. The van der Waals surface area contributed by atoms with E-state index in [4.69, 9.17) is 14.0 Å². The third-order valence-corrected chi connectivity index (χ3v) is 4.71. The summed E-state index contributed by atoms with van der Waals surface area (Å²) in [6.45, 7) is 12.8. The van der Waals surface area contributed by atoms with Crippen molar-refractivity contribution in [1.29, 1.82) is 0 Å². The first-order chi connectivity index (χ1) is 12.0. The average Bonchev–Trinajstić information content (AvgIpc) is 2.75. The summed E-state index contributed by atoms with van der Waals surface area (Å²) in [7, 11) is 3.44. The maximum Gasteiger partial charge on any atom is 0.495 e. The molecule has 7 heteroatoms. The van der Waals surface area contributed by atoms with Gasteiger partial charge in [-0.2, -0.15) is 0 Å². The van der Waals surface area contributed by atoms with Crippen molar-refractivity contribution < 1.29 is 18.8 Å². The van der Waals surface area contributed by atoms with Crippen LogP contribution in [0.2, 0.25) is 0 Å². The third kappa shape index (κ3) is 4.87. The van der Waals surface area contributed by atoms with Crippen LogP contribution in [0, 0.1) is 0 Å². The van der Waals surface area contributed by atoms with Crippen LogP contribution in [0.4, 0.5) is 5.69 Å². The lowest BCUT2D eigenvalue weighted by atomic mass is 9.78. The molecular weight excluding hydrogens is 331 g/mol. The van der Waals surface area contributed by atoms with E-state index in [0.29, 0.717) is 18.0 Å². The largest absolute Gasteiger partial charge is 0.495 e. The number of nitrogens with zero attached hydrogens (tertiary/aromatic N) is 1. The standard InChI is InChI=1S/C19H29BN2O4/c1-8-17(23)21-15-11-14(12-16(13-15)24-10-9-22(6)7)20-25-18(2,3)19(4,5)26-20/h8,11-13H,1,9-10H2,2-7H3,(H,21,23). The lowest BCUT2D eigenvalue weighted by Crippen LogP contribution is -2.41. The van der Waals surface area contributed by atoms with Crippen LogP contribution < -0.4 is 15.5 Å². The lowest BCUT2D eigenvalue weighted by molar-refractivity contribution is -0.111. The second-order valence-electron chi connectivity index (χ2n) is 7.72. The number of carbonyl (C=O) groups excluding carboxylic acids is 1. The van der Waals surface area contributed by atoms with Crippen molar-refractivity contribution in [1.82, 2.24) is 4.90 Å². The normalized spacial score (nSPS) is 18.0. The van der Waals surface area contributed by atoms with E-state index < -0.39 is 18.3 Å². The number of carbonyl (C=O) groups is 1. The van der Waals surface area contributed by atoms with Crippen molar-refractivity contribution >= 4 is 24.2 Å². The SMILES string of the molecule is C=CC(=O)Nc1cc(OCCN(C)C)cc(B2OC(C)(C)C(C)(C)O2)c1. The zero-order valence-electron chi connectivity index (χ0n) is 16.6. The Morgan fingerprint density at radius 2 is 1.85 bits per heavy atom. The van der Waals surface area contributed by atoms with Crippen LogP contribution in [-0.4, -0.2) is 56.4 Å². The maximum absolute atomic E-state index is 11.7. The molecule has 1 saturated heterocycles. The van der Waals surface area contributed by atoms with Crippen LogP contribution in [0.5, 0.6) is 5.75 Å². The molecule has 0 unspecified atom stereocenters. The van der Waals surface area contributed by atoms with Gasteiger partial charge in [-0.1, -0.05) is 6.58 Å². The first-order valence-corrected chi connectivity index (χ1v) is 8.75. The predicted molar refractivity (Wildman–Crippen MR) is 105 cm³/mol. The highest BCUT2D eigenvalue weighted by Crippen LogP contribution is 2.36. The molecule has 6 nitrogen and oxygen atoms in total. The van der Waals surface area contributed by atoms with E-state index in [9.17, 15) is 4.79 Å². The summed E-state index contributed by atoms with van der Waals surface area (Å²) < 4.78 is 18.1. The van der Waals surface area contributed by atoms with Crippen molar-refractivity contribution in [2.45, 2.75) is 38.9 Å². The molecule has 1 aliphatic heterocycles. The molecule has 1 fully saturated rings. The molecule has 26 heavy (non-hydrogen) atoms. The summed E-state index contributed by atoms with van der Waals surface area (Å²) >= 11 is 0. The third-order valence-electron chi connectivity index (χ3n) is 4.71. The molecule has 0 saturated carbocycles. The highest BCUT2D eigenvalue weighted by atomic mass is 16.7. The second-order valence-corrected chi connectivity index (χ2v) is 7.72. The van der Waals surface area contributed by atoms with Crippen molar-refractivity contribution in [3.05, 3.63) is 30.9 Å². The fourth-order valence-corrected chi connectivity index (χ4v) is 2.43. The Morgan fingerprint density at radius 1 is 1.23 bits per heavy atom. The van der Waals surface area contributed by atoms with Gasteiger partial charge >= 0.3 is 7.12 Å². The van der Waals surface area contributed by atoms with Crippen LogP contribution >= 0.6 is 0 Å². The topological polar surface area (TPSA) is 60.0 Å². The number of benzene rings is 1. The summed E-state index contributed by atoms with van der Waals surface area (Å²) in [6, 6.07) is 5.51. The van der Waals surface area contributed by atoms with E-state index in [-0.39, 0.29) is 5.91 Å². The van der Waals surface area contributed by atoms with Crippen molar-refractivity contribution in [2.24, 2.45) is 0 Å². The van der Waals surface area contributed by atoms with Crippen LogP contribution in [0.3, 0.4) is 0 Å². The summed E-state index contributed by atoms with van der Waals surface area (Å²) in [4.78, 5) is 13.7. The van der Waals surface area contributed by atoms with E-state index in [0.717, 1.165) is 12.0 Å². The number of nitrogens with one attached hydrogen (secondary N) is 1. The smallest absolute Gasteiger partial charge is 0.492 e. The van der Waals surface area contributed by atoms with Gasteiger partial charge in [0.05, 0.1) is 11.2 Å². The summed E-state index contributed by atoms with van der Waals surface area (Å²) in [6.07, 6.45) is 1.23. The van der Waals surface area contributed by atoms with Gasteiger partial charge in [-0.3, -0.25) is 4.79 Å². The van der Waals surface area contributed by atoms with Crippen LogP contribution in [0.1, 0.15) is 27.7 Å². The van der Waals surface area contributed by atoms with Gasteiger partial charge < -0.3 is 24.3 Å². The van der Waals surface area contributed by atoms with Crippen molar-refractivity contribution in [3.63, 3.8) is 0 Å². The fraction of sp³-hybridized carbons (Fsp3) is 0.526. The minimum Gasteiger partial charge on any atom is -0.492 e. The van der Waals surface area contributed by atoms with Gasteiger partial charge in [0.2, 0.25) is 5.91 Å². The number of hydrogen-bond acceptors (Lipinski definition) is 5. The van der Waals surface area contributed by atoms with Crippen LogP contribution in [-0.2, 0) is 14.1 Å². The molecular formula is C19H29BN2O4. The molecule has 1 aromatic rings. The number of rotatable bonds is 7. The van der Waals surface area contributed by atoms with Gasteiger partial charge in [0.25, 0.3) is 0 Å². The molecule has 1 aromatic carbocycles. The molecule has 0 atom stereocenters. The molecule has 0 radical (unpaired) electrons. The molecule has 1 aliphatic rings. The lowest BCUT2D eigenvalue weighted by Gasteiger charge is -2.32. The Morgan fingerprint density at radius 3 is 2.38 bits per heavy atom. The molecule has 0 spiro atoms.